The molecule has 148 valence electrons. The van der Waals surface area contributed by atoms with Crippen LogP contribution in [0.5, 0.6) is 0 Å². The Morgan fingerprint density at radius 2 is 1.00 bits per heavy atom. The van der Waals surface area contributed by atoms with Gasteiger partial charge in [0.1, 0.15) is 22.9 Å². The van der Waals surface area contributed by atoms with E-state index in [4.69, 9.17) is 24.6 Å². The zero-order valence-electron chi connectivity index (χ0n) is 13.7. The normalized spacial score (nSPS) is 11.2. The van der Waals surface area contributed by atoms with Crippen LogP contribution in [0, 0.1) is 23.3 Å². The topological polar surface area (TPSA) is 37.9 Å². The van der Waals surface area contributed by atoms with Gasteiger partial charge in [-0.25, -0.2) is 27.5 Å². The molecule has 3 nitrogen and oxygen atoms in total. The van der Waals surface area contributed by atoms with Gasteiger partial charge in [0.05, 0.1) is 12.4 Å². The Morgan fingerprint density at radius 1 is 0.679 bits per heavy atom. The van der Waals surface area contributed by atoms with Gasteiger partial charge in [0.15, 0.2) is 23.3 Å². The molecule has 1 aromatic heterocycles. The zero-order chi connectivity index (χ0) is 20.5. The minimum atomic E-state index is -0.806. The average Bonchev–Trinajstić information content (AvgIpc) is 3.09. The molecule has 3 aromatic rings. The summed E-state index contributed by atoms with van der Waals surface area (Å²) in [6, 6.07) is 9.73. The first-order chi connectivity index (χ1) is 13.5. The Balaban J connectivity index is 0.000000878. The van der Waals surface area contributed by atoms with Gasteiger partial charge in [-0.3, -0.25) is 0 Å². The Hall–Kier alpha value is -2.12. The van der Waals surface area contributed by atoms with Crippen LogP contribution in [0.1, 0.15) is 11.5 Å². The van der Waals surface area contributed by atoms with Crippen LogP contribution < -0.4 is 0 Å². The van der Waals surface area contributed by atoms with Crippen LogP contribution in [0.2, 0.25) is 0 Å². The van der Waals surface area contributed by atoms with Crippen molar-refractivity contribution in [3.63, 3.8) is 0 Å². The number of halogens is 6. The van der Waals surface area contributed by atoms with E-state index in [2.05, 4.69) is 9.98 Å². The number of hydrogen-bond donors (Lipinski definition) is 0. The molecular formula is C18H10Cl2F4FeN2O. The van der Waals surface area contributed by atoms with E-state index in [0.717, 1.165) is 36.7 Å². The number of aliphatic imine (C=N–C) groups is 2. The van der Waals surface area contributed by atoms with Crippen molar-refractivity contribution in [2.75, 3.05) is 0 Å². The minimum absolute atomic E-state index is 0.193. The van der Waals surface area contributed by atoms with Crippen molar-refractivity contribution < 1.29 is 35.1 Å². The molecule has 2 aromatic carbocycles. The van der Waals surface area contributed by atoms with Crippen LogP contribution in [-0.2, 0) is 13.1 Å². The van der Waals surface area contributed by atoms with Gasteiger partial charge in [0.25, 0.3) is 0 Å². The van der Waals surface area contributed by atoms with Crippen LogP contribution in [0.25, 0.3) is 0 Å². The monoisotopic (exact) mass is 472 g/mol. The summed E-state index contributed by atoms with van der Waals surface area (Å²) >= 11 is 0.194. The molecule has 0 saturated heterocycles. The van der Waals surface area contributed by atoms with Crippen LogP contribution in [0.3, 0.4) is 0 Å². The maximum atomic E-state index is 13.5. The van der Waals surface area contributed by atoms with Crippen molar-refractivity contribution in [3.05, 3.63) is 83.3 Å². The van der Waals surface area contributed by atoms with E-state index in [9.17, 15) is 17.6 Å². The van der Waals surface area contributed by atoms with Crippen molar-refractivity contribution in [1.82, 2.24) is 0 Å². The third-order valence-electron chi connectivity index (χ3n) is 3.16. The molecule has 0 radical (unpaired) electrons. The summed E-state index contributed by atoms with van der Waals surface area (Å²) in [5.41, 5.74) is -0.884. The number of rotatable bonds is 4. The summed E-state index contributed by atoms with van der Waals surface area (Å²) < 4.78 is 59.2. The first-order valence-electron chi connectivity index (χ1n) is 7.37. The van der Waals surface area contributed by atoms with Gasteiger partial charge in [-0.15, -0.1) is 0 Å². The van der Waals surface area contributed by atoms with Crippen LogP contribution >= 0.6 is 20.2 Å². The van der Waals surface area contributed by atoms with E-state index in [0.29, 0.717) is 0 Å². The van der Waals surface area contributed by atoms with E-state index >= 15 is 0 Å². The summed E-state index contributed by atoms with van der Waals surface area (Å²) in [6.07, 6.45) is 2.25. The summed E-state index contributed by atoms with van der Waals surface area (Å²) in [7, 11) is 9.53. The number of furan rings is 1. The third-order valence-corrected chi connectivity index (χ3v) is 3.16. The molecule has 0 aliphatic rings. The molecule has 10 heteroatoms. The number of para-hydroxylation sites is 2. The average molecular weight is 473 g/mol. The van der Waals surface area contributed by atoms with Crippen LogP contribution in [-0.4, -0.2) is 12.4 Å². The van der Waals surface area contributed by atoms with Gasteiger partial charge in [-0.2, -0.15) is 0 Å². The van der Waals surface area contributed by atoms with Gasteiger partial charge in [-0.1, -0.05) is 12.1 Å². The molecule has 0 spiro atoms. The molecule has 0 aliphatic heterocycles. The fourth-order valence-electron chi connectivity index (χ4n) is 1.99. The Bertz CT molecular complexity index is 879. The van der Waals surface area contributed by atoms with Crippen molar-refractivity contribution >= 4 is 44.0 Å². The van der Waals surface area contributed by atoms with Gasteiger partial charge in [0.2, 0.25) is 0 Å². The van der Waals surface area contributed by atoms with E-state index in [1.54, 1.807) is 0 Å². The molecule has 1 heterocycles. The summed E-state index contributed by atoms with van der Waals surface area (Å²) in [6.45, 7) is 0. The molecule has 0 bridgehead atoms. The number of benzene rings is 2. The predicted octanol–water partition coefficient (Wildman–Crippen LogP) is 6.71. The number of nitrogens with zero attached hydrogens (tertiary/aromatic N) is 2. The first-order valence-corrected chi connectivity index (χ1v) is 10.4. The standard InChI is InChI=1S/C18H10F4N2O.2ClH.Fe/c19-13-3-1-4-14(20)17(13)23-9-11-7-8-12(25-11)10-24-18-15(21)5-2-6-16(18)22;;;/h1-10H;2*1H;/q;;;+2/p-2. The molecular weight excluding hydrogens is 463 g/mol. The van der Waals surface area contributed by atoms with Crippen LogP contribution in [0.15, 0.2) is 62.9 Å². The van der Waals surface area contributed by atoms with E-state index in [1.807, 2.05) is 0 Å². The van der Waals surface area contributed by atoms with Gasteiger partial charge < -0.3 is 4.42 Å². The van der Waals surface area contributed by atoms with Crippen LogP contribution in [0.4, 0.5) is 28.9 Å². The molecule has 0 atom stereocenters. The Labute approximate surface area is 172 Å². The second kappa shape index (κ2) is 11.0. The SMILES string of the molecule is Fc1cccc(F)c1N=Cc1ccc(C=Nc2c(F)cccc2F)o1.[Cl][Fe][Cl]. The second-order valence-electron chi connectivity index (χ2n) is 4.95. The van der Waals surface area contributed by atoms with E-state index in [1.165, 1.54) is 24.3 Å². The van der Waals surface area contributed by atoms with Crippen molar-refractivity contribution in [2.24, 2.45) is 9.98 Å². The summed E-state index contributed by atoms with van der Waals surface area (Å²) in [5.74, 6) is -2.84. The van der Waals surface area contributed by atoms with Gasteiger partial charge in [-0.05, 0) is 36.4 Å². The zero-order valence-corrected chi connectivity index (χ0v) is 16.3. The van der Waals surface area contributed by atoms with E-state index in [-0.39, 0.29) is 24.7 Å². The molecule has 0 unspecified atom stereocenters. The molecule has 0 aliphatic carbocycles. The fraction of sp³-hybridized carbons (Fsp3) is 0. The molecule has 28 heavy (non-hydrogen) atoms. The molecule has 0 saturated carbocycles. The fourth-order valence-corrected chi connectivity index (χ4v) is 1.99. The van der Waals surface area contributed by atoms with E-state index < -0.39 is 34.6 Å². The Morgan fingerprint density at radius 3 is 1.32 bits per heavy atom. The molecule has 0 N–H and O–H groups in total. The van der Waals surface area contributed by atoms with Gasteiger partial charge in [0, 0.05) is 0 Å². The number of hydrogen-bond acceptors (Lipinski definition) is 3. The Kier molecular flexibility index (Phi) is 8.73. The first kappa shape index (κ1) is 22.2. The molecule has 3 rings (SSSR count). The molecule has 0 amide bonds. The summed E-state index contributed by atoms with van der Waals surface area (Å²) in [5, 5.41) is 0. The third kappa shape index (κ3) is 6.21. The van der Waals surface area contributed by atoms with Crippen molar-refractivity contribution in [3.8, 4) is 0 Å². The van der Waals surface area contributed by atoms with Crippen molar-refractivity contribution in [1.29, 1.82) is 0 Å². The predicted molar refractivity (Wildman–Crippen MR) is 97.6 cm³/mol. The maximum absolute atomic E-state index is 13.5. The molecule has 0 fully saturated rings. The summed E-state index contributed by atoms with van der Waals surface area (Å²) in [4.78, 5) is 7.40. The second-order valence-corrected chi connectivity index (χ2v) is 6.77. The quantitative estimate of drug-likeness (QED) is 0.236. The van der Waals surface area contributed by atoms with Gasteiger partial charge >= 0.3 is 33.3 Å². The van der Waals surface area contributed by atoms with Crippen molar-refractivity contribution in [2.45, 2.75) is 0 Å².